The van der Waals surface area contributed by atoms with Crippen molar-refractivity contribution >= 4 is 34.9 Å². The van der Waals surface area contributed by atoms with Crippen molar-refractivity contribution in [2.75, 3.05) is 11.9 Å². The van der Waals surface area contributed by atoms with E-state index in [1.165, 1.54) is 36.4 Å². The molecule has 0 aliphatic heterocycles. The Bertz CT molecular complexity index is 808. The van der Waals surface area contributed by atoms with E-state index >= 15 is 0 Å². The Labute approximate surface area is 140 Å². The smallest absolute Gasteiger partial charge is 0.338 e. The summed E-state index contributed by atoms with van der Waals surface area (Å²) in [5, 5.41) is 22.4. The molecule has 0 radical (unpaired) electrons. The Kier molecular flexibility index (Phi) is 5.33. The van der Waals surface area contributed by atoms with Crippen molar-refractivity contribution in [2.24, 2.45) is 0 Å². The molecule has 0 saturated carbocycles. The van der Waals surface area contributed by atoms with Gasteiger partial charge in [-0.3, -0.25) is 14.9 Å². The van der Waals surface area contributed by atoms with Gasteiger partial charge < -0.3 is 15.2 Å². The molecule has 0 atom stereocenters. The van der Waals surface area contributed by atoms with Gasteiger partial charge in [0.25, 0.3) is 11.6 Å². The number of rotatable bonds is 5. The Hall–Kier alpha value is -3.13. The molecule has 2 N–H and O–H groups in total. The third-order valence-corrected chi connectivity index (χ3v) is 3.18. The predicted molar refractivity (Wildman–Crippen MR) is 85.1 cm³/mol. The highest BCUT2D eigenvalue weighted by atomic mass is 35.5. The second-order valence-electron chi connectivity index (χ2n) is 4.60. The van der Waals surface area contributed by atoms with E-state index in [4.69, 9.17) is 16.3 Å². The van der Waals surface area contributed by atoms with Gasteiger partial charge in [0, 0.05) is 12.1 Å². The van der Waals surface area contributed by atoms with E-state index in [9.17, 15) is 24.8 Å². The molecule has 124 valence electrons. The number of hydrogen-bond donors (Lipinski definition) is 2. The van der Waals surface area contributed by atoms with Gasteiger partial charge in [0.05, 0.1) is 21.2 Å². The number of carbonyl (C=O) groups excluding carboxylic acids is 2. The number of hydrogen-bond acceptors (Lipinski definition) is 6. The minimum atomic E-state index is -0.800. The third-order valence-electron chi connectivity index (χ3n) is 2.85. The molecule has 0 saturated heterocycles. The number of amides is 1. The number of aromatic hydroxyl groups is 1. The molecule has 0 fully saturated rings. The number of nitro benzene ring substituents is 1. The van der Waals surface area contributed by atoms with Crippen LogP contribution in [-0.4, -0.2) is 28.5 Å². The van der Waals surface area contributed by atoms with E-state index in [0.29, 0.717) is 0 Å². The summed E-state index contributed by atoms with van der Waals surface area (Å²) in [6, 6.07) is 9.00. The second kappa shape index (κ2) is 7.42. The molecule has 0 bridgehead atoms. The minimum Gasteiger partial charge on any atom is -0.508 e. The van der Waals surface area contributed by atoms with Gasteiger partial charge in [0.15, 0.2) is 6.61 Å². The zero-order chi connectivity index (χ0) is 17.7. The highest BCUT2D eigenvalue weighted by molar-refractivity contribution is 6.33. The lowest BCUT2D eigenvalue weighted by Gasteiger charge is -2.08. The van der Waals surface area contributed by atoms with E-state index in [0.717, 1.165) is 6.07 Å². The molecular formula is C15H11ClN2O6. The summed E-state index contributed by atoms with van der Waals surface area (Å²) < 4.78 is 4.80. The Morgan fingerprint density at radius 1 is 1.25 bits per heavy atom. The Balaban J connectivity index is 1.97. The molecule has 0 unspecified atom stereocenters. The molecule has 0 aromatic heterocycles. The zero-order valence-electron chi connectivity index (χ0n) is 12.1. The number of anilines is 1. The fourth-order valence-electron chi connectivity index (χ4n) is 1.76. The molecule has 9 heteroatoms. The van der Waals surface area contributed by atoms with Gasteiger partial charge in [-0.25, -0.2) is 4.79 Å². The van der Waals surface area contributed by atoms with Crippen LogP contribution in [0.3, 0.4) is 0 Å². The minimum absolute atomic E-state index is 0.0317. The average Bonchev–Trinajstić information content (AvgIpc) is 2.54. The van der Waals surface area contributed by atoms with Crippen LogP contribution in [0.25, 0.3) is 0 Å². The lowest BCUT2D eigenvalue weighted by Crippen LogP contribution is -2.21. The van der Waals surface area contributed by atoms with Crippen molar-refractivity contribution in [1.82, 2.24) is 0 Å². The summed E-state index contributed by atoms with van der Waals surface area (Å²) in [6.07, 6.45) is 0. The van der Waals surface area contributed by atoms with Crippen molar-refractivity contribution in [1.29, 1.82) is 0 Å². The van der Waals surface area contributed by atoms with E-state index in [1.807, 2.05) is 0 Å². The van der Waals surface area contributed by atoms with Crippen LogP contribution in [0.5, 0.6) is 5.75 Å². The third kappa shape index (κ3) is 4.43. The van der Waals surface area contributed by atoms with Crippen molar-refractivity contribution in [3.8, 4) is 5.75 Å². The standard InChI is InChI=1S/C15H11ClN2O6/c16-12-5-4-10(18(22)23)7-13(12)17-14(20)8-24-15(21)9-2-1-3-11(19)6-9/h1-7,19H,8H2,(H,17,20). The quantitative estimate of drug-likeness (QED) is 0.486. The summed E-state index contributed by atoms with van der Waals surface area (Å²) in [7, 11) is 0. The number of non-ortho nitro benzene ring substituents is 1. The maximum absolute atomic E-state index is 11.8. The molecule has 0 aliphatic carbocycles. The number of nitrogens with one attached hydrogen (secondary N) is 1. The van der Waals surface area contributed by atoms with Crippen LogP contribution in [0.1, 0.15) is 10.4 Å². The molecule has 0 spiro atoms. The van der Waals surface area contributed by atoms with Crippen molar-refractivity contribution in [3.05, 3.63) is 63.2 Å². The first-order valence-corrected chi connectivity index (χ1v) is 6.94. The lowest BCUT2D eigenvalue weighted by atomic mass is 10.2. The molecule has 24 heavy (non-hydrogen) atoms. The number of phenols is 1. The van der Waals surface area contributed by atoms with E-state index in [-0.39, 0.29) is 27.7 Å². The normalized spacial score (nSPS) is 10.0. The maximum Gasteiger partial charge on any atom is 0.338 e. The lowest BCUT2D eigenvalue weighted by molar-refractivity contribution is -0.384. The summed E-state index contributed by atoms with van der Waals surface area (Å²) in [5.41, 5.74) is -0.132. The van der Waals surface area contributed by atoms with Crippen LogP contribution in [0.4, 0.5) is 11.4 Å². The number of benzene rings is 2. The highest BCUT2D eigenvalue weighted by Crippen LogP contribution is 2.26. The van der Waals surface area contributed by atoms with E-state index in [2.05, 4.69) is 5.32 Å². The first-order valence-electron chi connectivity index (χ1n) is 6.57. The molecule has 2 aromatic carbocycles. The molecule has 2 aromatic rings. The molecule has 0 aliphatic rings. The second-order valence-corrected chi connectivity index (χ2v) is 5.00. The number of nitro groups is 1. The van der Waals surface area contributed by atoms with Gasteiger partial charge in [-0.2, -0.15) is 0 Å². The topological polar surface area (TPSA) is 119 Å². The largest absolute Gasteiger partial charge is 0.508 e. The molecule has 2 rings (SSSR count). The SMILES string of the molecule is O=C(COC(=O)c1cccc(O)c1)Nc1cc([N+](=O)[O-])ccc1Cl. The van der Waals surface area contributed by atoms with Crippen molar-refractivity contribution in [3.63, 3.8) is 0 Å². The summed E-state index contributed by atoms with van der Waals surface area (Å²) in [4.78, 5) is 33.6. The summed E-state index contributed by atoms with van der Waals surface area (Å²) >= 11 is 5.85. The number of esters is 1. The van der Waals surface area contributed by atoms with Gasteiger partial charge in [0.2, 0.25) is 0 Å². The molecule has 8 nitrogen and oxygen atoms in total. The van der Waals surface area contributed by atoms with E-state index in [1.54, 1.807) is 0 Å². The Morgan fingerprint density at radius 2 is 2.00 bits per heavy atom. The van der Waals surface area contributed by atoms with Crippen LogP contribution in [0.15, 0.2) is 42.5 Å². The monoisotopic (exact) mass is 350 g/mol. The first kappa shape index (κ1) is 17.2. The number of carbonyl (C=O) groups is 2. The molecule has 1 amide bonds. The van der Waals surface area contributed by atoms with Crippen LogP contribution in [0.2, 0.25) is 5.02 Å². The van der Waals surface area contributed by atoms with Gasteiger partial charge in [-0.15, -0.1) is 0 Å². The fourth-order valence-corrected chi connectivity index (χ4v) is 1.92. The van der Waals surface area contributed by atoms with Crippen LogP contribution in [-0.2, 0) is 9.53 Å². The predicted octanol–water partition coefficient (Wildman–Crippen LogP) is 2.75. The average molecular weight is 351 g/mol. The zero-order valence-corrected chi connectivity index (χ0v) is 12.8. The van der Waals surface area contributed by atoms with Crippen LogP contribution < -0.4 is 5.32 Å². The highest BCUT2D eigenvalue weighted by Gasteiger charge is 2.14. The molecule has 0 heterocycles. The first-order chi connectivity index (χ1) is 11.4. The number of phenolic OH excluding ortho intramolecular Hbond substituents is 1. The molecular weight excluding hydrogens is 340 g/mol. The number of ether oxygens (including phenoxy) is 1. The maximum atomic E-state index is 11.8. The van der Waals surface area contributed by atoms with Crippen molar-refractivity contribution in [2.45, 2.75) is 0 Å². The van der Waals surface area contributed by atoms with Gasteiger partial charge in [-0.05, 0) is 24.3 Å². The van der Waals surface area contributed by atoms with E-state index < -0.39 is 23.4 Å². The van der Waals surface area contributed by atoms with Gasteiger partial charge in [0.1, 0.15) is 5.75 Å². The van der Waals surface area contributed by atoms with Gasteiger partial charge >= 0.3 is 5.97 Å². The Morgan fingerprint density at radius 3 is 2.67 bits per heavy atom. The fraction of sp³-hybridized carbons (Fsp3) is 0.0667. The van der Waals surface area contributed by atoms with Crippen LogP contribution in [0, 0.1) is 10.1 Å². The van der Waals surface area contributed by atoms with Crippen LogP contribution >= 0.6 is 11.6 Å². The number of halogens is 1. The number of nitrogens with zero attached hydrogens (tertiary/aromatic N) is 1. The van der Waals surface area contributed by atoms with Crippen molar-refractivity contribution < 1.29 is 24.4 Å². The van der Waals surface area contributed by atoms with Gasteiger partial charge in [-0.1, -0.05) is 17.7 Å². The summed E-state index contributed by atoms with van der Waals surface area (Å²) in [6.45, 7) is -0.618. The summed E-state index contributed by atoms with van der Waals surface area (Å²) in [5.74, 6) is -1.63.